The smallest absolute Gasteiger partial charge is 0.306 e. The van der Waals surface area contributed by atoms with Gasteiger partial charge in [-0.25, -0.2) is 0 Å². The van der Waals surface area contributed by atoms with Crippen molar-refractivity contribution in [3.63, 3.8) is 0 Å². The SMILES string of the molecule is CCCCCC/C=C/[C@H]1C(O[Si](C)(C)C(C)(C)C)CC(=O)[C@@H]1C/C=C\CCCC(=O)OC(C)C. The number of rotatable bonds is 15. The molecule has 0 aromatic carbocycles. The first kappa shape index (κ1) is 30.8. The average Bonchev–Trinajstić information content (AvgIpc) is 2.99. The minimum Gasteiger partial charge on any atom is -0.463 e. The van der Waals surface area contributed by atoms with Crippen molar-refractivity contribution in [3.05, 3.63) is 24.3 Å². The van der Waals surface area contributed by atoms with E-state index >= 15 is 0 Å². The standard InChI is InChI=1S/C29H52O4Si/c1-9-10-11-12-13-17-20-25-24(19-16-14-15-18-21-28(31)32-23(2)3)26(30)22-27(25)33-34(7,8)29(4,5)6/h14,16-17,20,23-25,27H,9-13,15,18-19,21-22H2,1-8H3/b16-14-,20-17+/t24-,25-,27?/m1/s1. The Balaban J connectivity index is 2.75. The monoisotopic (exact) mass is 492 g/mol. The van der Waals surface area contributed by atoms with Gasteiger partial charge in [0.2, 0.25) is 0 Å². The summed E-state index contributed by atoms with van der Waals surface area (Å²) in [5.41, 5.74) is 0. The Morgan fingerprint density at radius 1 is 1.06 bits per heavy atom. The second-order valence-corrected chi connectivity index (χ2v) is 16.4. The normalized spacial score (nSPS) is 21.9. The lowest BCUT2D eigenvalue weighted by atomic mass is 9.90. The van der Waals surface area contributed by atoms with Crippen molar-refractivity contribution in [2.75, 3.05) is 0 Å². The molecule has 196 valence electrons. The highest BCUT2D eigenvalue weighted by Crippen LogP contribution is 2.42. The molecule has 0 aromatic rings. The fraction of sp³-hybridized carbons (Fsp3) is 0.793. The number of carbonyl (C=O) groups excluding carboxylic acids is 2. The maximum atomic E-state index is 13.0. The van der Waals surface area contributed by atoms with Gasteiger partial charge in [0.05, 0.1) is 12.2 Å². The number of esters is 1. The van der Waals surface area contributed by atoms with Crippen LogP contribution in [0.25, 0.3) is 0 Å². The molecule has 34 heavy (non-hydrogen) atoms. The van der Waals surface area contributed by atoms with Crippen molar-refractivity contribution in [1.82, 2.24) is 0 Å². The van der Waals surface area contributed by atoms with E-state index in [0.29, 0.717) is 18.6 Å². The molecule has 0 bridgehead atoms. The van der Waals surface area contributed by atoms with Crippen LogP contribution in [-0.2, 0) is 18.8 Å². The van der Waals surface area contributed by atoms with Crippen molar-refractivity contribution in [1.29, 1.82) is 0 Å². The fourth-order valence-electron chi connectivity index (χ4n) is 4.17. The summed E-state index contributed by atoms with van der Waals surface area (Å²) in [7, 11) is -1.96. The Hall–Kier alpha value is -1.20. The Morgan fingerprint density at radius 2 is 1.74 bits per heavy atom. The Labute approximate surface area is 211 Å². The number of hydrogen-bond donors (Lipinski definition) is 0. The molecule has 0 aliphatic heterocycles. The number of Topliss-reactive ketones (excluding diaryl/α,β-unsaturated/α-hetero) is 1. The van der Waals surface area contributed by atoms with Gasteiger partial charge in [0.15, 0.2) is 8.32 Å². The maximum Gasteiger partial charge on any atom is 0.306 e. The van der Waals surface area contributed by atoms with Gasteiger partial charge in [-0.3, -0.25) is 9.59 Å². The summed E-state index contributed by atoms with van der Waals surface area (Å²) in [4.78, 5) is 24.7. The molecule has 0 heterocycles. The van der Waals surface area contributed by atoms with Crippen molar-refractivity contribution >= 4 is 20.1 Å². The van der Waals surface area contributed by atoms with Gasteiger partial charge in [-0.05, 0) is 64.1 Å². The van der Waals surface area contributed by atoms with Crippen LogP contribution < -0.4 is 0 Å². The molecule has 1 rings (SSSR count). The molecule has 0 amide bonds. The van der Waals surface area contributed by atoms with E-state index in [-0.39, 0.29) is 35.1 Å². The Bertz CT molecular complexity index is 672. The van der Waals surface area contributed by atoms with Crippen LogP contribution in [0.5, 0.6) is 0 Å². The van der Waals surface area contributed by atoms with Gasteiger partial charge in [-0.1, -0.05) is 71.3 Å². The van der Waals surface area contributed by atoms with Crippen molar-refractivity contribution < 1.29 is 18.8 Å². The molecule has 1 unspecified atom stereocenters. The maximum absolute atomic E-state index is 13.0. The second-order valence-electron chi connectivity index (χ2n) is 11.7. The predicted molar refractivity (Wildman–Crippen MR) is 145 cm³/mol. The van der Waals surface area contributed by atoms with Crippen LogP contribution in [0, 0.1) is 11.8 Å². The van der Waals surface area contributed by atoms with E-state index in [4.69, 9.17) is 9.16 Å². The first-order valence-electron chi connectivity index (χ1n) is 13.6. The largest absolute Gasteiger partial charge is 0.463 e. The van der Waals surface area contributed by atoms with Gasteiger partial charge < -0.3 is 9.16 Å². The van der Waals surface area contributed by atoms with Crippen LogP contribution in [-0.4, -0.2) is 32.3 Å². The molecule has 1 aliphatic rings. The lowest BCUT2D eigenvalue weighted by Crippen LogP contribution is -2.45. The van der Waals surface area contributed by atoms with Crippen LogP contribution in [0.2, 0.25) is 18.1 Å². The van der Waals surface area contributed by atoms with E-state index in [0.717, 1.165) is 25.7 Å². The summed E-state index contributed by atoms with van der Waals surface area (Å²) in [6, 6.07) is 0. The van der Waals surface area contributed by atoms with Crippen LogP contribution >= 0.6 is 0 Å². The lowest BCUT2D eigenvalue weighted by molar-refractivity contribution is -0.147. The third kappa shape index (κ3) is 11.0. The molecule has 0 N–H and O–H groups in total. The molecule has 1 fully saturated rings. The zero-order chi connectivity index (χ0) is 25.8. The number of unbranched alkanes of at least 4 members (excludes halogenated alkanes) is 5. The van der Waals surface area contributed by atoms with Gasteiger partial charge in [0.1, 0.15) is 5.78 Å². The fourth-order valence-corrected chi connectivity index (χ4v) is 5.52. The molecule has 1 aliphatic carbocycles. The summed E-state index contributed by atoms with van der Waals surface area (Å²) in [6.45, 7) is 17.3. The lowest BCUT2D eigenvalue weighted by Gasteiger charge is -2.39. The molecule has 0 saturated heterocycles. The van der Waals surface area contributed by atoms with Crippen molar-refractivity contribution in [3.8, 4) is 0 Å². The molecule has 0 spiro atoms. The first-order chi connectivity index (χ1) is 15.9. The molecule has 3 atom stereocenters. The minimum atomic E-state index is -1.96. The number of carbonyl (C=O) groups is 2. The van der Waals surface area contributed by atoms with Crippen LogP contribution in [0.4, 0.5) is 0 Å². The minimum absolute atomic E-state index is 0.00973. The van der Waals surface area contributed by atoms with Gasteiger partial charge in [-0.15, -0.1) is 0 Å². The van der Waals surface area contributed by atoms with E-state index in [1.165, 1.54) is 25.7 Å². The first-order valence-corrected chi connectivity index (χ1v) is 16.5. The van der Waals surface area contributed by atoms with Crippen LogP contribution in [0.15, 0.2) is 24.3 Å². The van der Waals surface area contributed by atoms with E-state index in [9.17, 15) is 9.59 Å². The molecule has 0 aromatic heterocycles. The topological polar surface area (TPSA) is 52.6 Å². The molecular formula is C29H52O4Si. The van der Waals surface area contributed by atoms with Crippen LogP contribution in [0.3, 0.4) is 0 Å². The number of ketones is 1. The highest BCUT2D eigenvalue weighted by molar-refractivity contribution is 6.74. The van der Waals surface area contributed by atoms with Gasteiger partial charge in [0, 0.05) is 24.7 Å². The highest BCUT2D eigenvalue weighted by atomic mass is 28.4. The summed E-state index contributed by atoms with van der Waals surface area (Å²) < 4.78 is 12.0. The molecular weight excluding hydrogens is 440 g/mol. The summed E-state index contributed by atoms with van der Waals surface area (Å²) in [5, 5.41) is 0.124. The predicted octanol–water partition coefficient (Wildman–Crippen LogP) is 8.18. The third-order valence-corrected chi connectivity index (χ3v) is 11.7. The summed E-state index contributed by atoms with van der Waals surface area (Å²) in [5.74, 6) is 0.334. The zero-order valence-corrected chi connectivity index (χ0v) is 24.3. The van der Waals surface area contributed by atoms with Crippen molar-refractivity contribution in [2.45, 2.75) is 136 Å². The van der Waals surface area contributed by atoms with Gasteiger partial charge in [-0.2, -0.15) is 0 Å². The van der Waals surface area contributed by atoms with Gasteiger partial charge >= 0.3 is 5.97 Å². The number of allylic oxidation sites excluding steroid dienone is 3. The number of hydrogen-bond acceptors (Lipinski definition) is 4. The van der Waals surface area contributed by atoms with E-state index in [1.54, 1.807) is 0 Å². The van der Waals surface area contributed by atoms with E-state index < -0.39 is 8.32 Å². The second kappa shape index (κ2) is 15.0. The van der Waals surface area contributed by atoms with Crippen molar-refractivity contribution in [2.24, 2.45) is 11.8 Å². The Kier molecular flexibility index (Phi) is 13.6. The molecule has 1 saturated carbocycles. The Morgan fingerprint density at radius 3 is 2.35 bits per heavy atom. The molecule has 4 nitrogen and oxygen atoms in total. The van der Waals surface area contributed by atoms with E-state index in [2.05, 4.69) is 65.1 Å². The molecule has 5 heteroatoms. The van der Waals surface area contributed by atoms with Crippen LogP contribution in [0.1, 0.15) is 106 Å². The quantitative estimate of drug-likeness (QED) is 0.100. The average molecular weight is 493 g/mol. The third-order valence-electron chi connectivity index (χ3n) is 7.22. The summed E-state index contributed by atoms with van der Waals surface area (Å²) in [6.07, 6.45) is 18.2. The zero-order valence-electron chi connectivity index (χ0n) is 23.3. The van der Waals surface area contributed by atoms with E-state index in [1.807, 2.05) is 13.8 Å². The summed E-state index contributed by atoms with van der Waals surface area (Å²) >= 11 is 0. The number of ether oxygens (including phenoxy) is 1. The van der Waals surface area contributed by atoms with Gasteiger partial charge in [0.25, 0.3) is 0 Å². The highest BCUT2D eigenvalue weighted by Gasteiger charge is 2.46. The molecule has 0 radical (unpaired) electrons.